The van der Waals surface area contributed by atoms with Crippen LogP contribution in [0.25, 0.3) is 22.0 Å². The topological polar surface area (TPSA) is 134 Å². The third kappa shape index (κ3) is 8.60. The molecule has 7 rings (SSSR count). The van der Waals surface area contributed by atoms with E-state index >= 15 is 0 Å². The lowest BCUT2D eigenvalue weighted by Crippen LogP contribution is -2.46. The van der Waals surface area contributed by atoms with E-state index in [1.54, 1.807) is 11.8 Å². The van der Waals surface area contributed by atoms with Gasteiger partial charge in [-0.15, -0.1) is 11.8 Å². The van der Waals surface area contributed by atoms with E-state index in [-0.39, 0.29) is 28.1 Å². The minimum absolute atomic E-state index is 0.0971. The zero-order chi connectivity index (χ0) is 36.8. The number of thioether (sulfide) groups is 1. The summed E-state index contributed by atoms with van der Waals surface area (Å²) in [6.07, 6.45) is 1.32. The average Bonchev–Trinajstić information content (AvgIpc) is 3.18. The minimum Gasteiger partial charge on any atom is -0.376 e. The van der Waals surface area contributed by atoms with E-state index in [4.69, 9.17) is 0 Å². The highest BCUT2D eigenvalue weighted by molar-refractivity contribution is 7.99. The second-order valence-electron chi connectivity index (χ2n) is 12.9. The van der Waals surface area contributed by atoms with Crippen molar-refractivity contribution in [3.05, 3.63) is 143 Å². The molecule has 11 nitrogen and oxygen atoms in total. The number of nitrogens with one attached hydrogen (secondary N) is 2. The largest absolute Gasteiger partial charge is 0.376 e. The monoisotopic (exact) mass is 745 g/mol. The van der Waals surface area contributed by atoms with Crippen molar-refractivity contribution in [1.29, 1.82) is 0 Å². The van der Waals surface area contributed by atoms with E-state index in [1.807, 2.05) is 61.5 Å². The predicted molar refractivity (Wildman–Crippen MR) is 213 cm³/mol. The fourth-order valence-electron chi connectivity index (χ4n) is 6.47. The van der Waals surface area contributed by atoms with Gasteiger partial charge >= 0.3 is 0 Å². The number of rotatable bonds is 13. The van der Waals surface area contributed by atoms with Gasteiger partial charge < -0.3 is 10.2 Å². The molecule has 0 bridgehead atoms. The molecule has 5 aromatic carbocycles. The van der Waals surface area contributed by atoms with Crippen molar-refractivity contribution in [1.82, 2.24) is 14.9 Å². The molecule has 1 saturated heterocycles. The number of aromatic nitrogens is 2. The highest BCUT2D eigenvalue weighted by atomic mass is 32.2. The molecule has 1 aliphatic heterocycles. The van der Waals surface area contributed by atoms with Crippen molar-refractivity contribution in [3.8, 4) is 11.1 Å². The molecular weight excluding hydrogens is 707 g/mol. The number of nitro groups is 1. The molecule has 0 spiro atoms. The first-order chi connectivity index (χ1) is 25.7. The molecule has 13 heteroatoms. The van der Waals surface area contributed by atoms with Crippen LogP contribution in [-0.2, 0) is 16.6 Å². The molecule has 270 valence electrons. The second-order valence-corrected chi connectivity index (χ2v) is 15.7. The number of sulfonamides is 1. The van der Waals surface area contributed by atoms with E-state index in [1.165, 1.54) is 35.2 Å². The fourth-order valence-corrected chi connectivity index (χ4v) is 8.39. The maximum absolute atomic E-state index is 13.6. The van der Waals surface area contributed by atoms with Gasteiger partial charge in [-0.05, 0) is 66.1 Å². The van der Waals surface area contributed by atoms with Crippen LogP contribution in [0.3, 0.4) is 0 Å². The number of fused-ring (bicyclic) bond motifs is 1. The molecule has 0 saturated carbocycles. The summed E-state index contributed by atoms with van der Waals surface area (Å²) < 4.78 is 29.7. The Bertz CT molecular complexity index is 2320. The lowest BCUT2D eigenvalue weighted by molar-refractivity contribution is -0.384. The van der Waals surface area contributed by atoms with Crippen molar-refractivity contribution in [2.75, 3.05) is 46.9 Å². The second kappa shape index (κ2) is 16.0. The van der Waals surface area contributed by atoms with Crippen molar-refractivity contribution in [2.24, 2.45) is 0 Å². The van der Waals surface area contributed by atoms with E-state index in [0.29, 0.717) is 16.7 Å². The first-order valence-corrected chi connectivity index (χ1v) is 19.8. The number of hydrogen-bond acceptors (Lipinski definition) is 10. The van der Waals surface area contributed by atoms with Gasteiger partial charge in [0.1, 0.15) is 12.0 Å². The number of nitro benzene ring substituents is 1. The highest BCUT2D eigenvalue weighted by Gasteiger charge is 2.24. The number of anilines is 3. The summed E-state index contributed by atoms with van der Waals surface area (Å²) in [4.78, 5) is 25.7. The Morgan fingerprint density at radius 2 is 1.57 bits per heavy atom. The normalized spacial score (nSPS) is 14.2. The third-order valence-electron chi connectivity index (χ3n) is 9.21. The number of benzene rings is 5. The average molecular weight is 746 g/mol. The Morgan fingerprint density at radius 1 is 0.849 bits per heavy atom. The molecule has 1 aliphatic rings. The SMILES string of the molecule is C[C@@H](CSc1ccccc1)Nc1ccc(S(=O)(=O)Nc2ncnc3cc(N4CCN(Cc5ccccc5-c5ccccc5)CC4)ccc23)cc1[N+](=O)[O-]. The summed E-state index contributed by atoms with van der Waals surface area (Å²) in [6.45, 7) is 6.23. The molecular formula is C40H39N7O4S2. The molecule has 0 unspecified atom stereocenters. The van der Waals surface area contributed by atoms with Crippen LogP contribution in [0.5, 0.6) is 0 Å². The van der Waals surface area contributed by atoms with Gasteiger partial charge in [-0.3, -0.25) is 19.7 Å². The molecule has 0 amide bonds. The van der Waals surface area contributed by atoms with Crippen LogP contribution in [0, 0.1) is 10.1 Å². The van der Waals surface area contributed by atoms with Gasteiger partial charge in [0, 0.05) is 66.6 Å². The van der Waals surface area contributed by atoms with Crippen LogP contribution in [-0.4, -0.2) is 66.2 Å². The first-order valence-electron chi connectivity index (χ1n) is 17.3. The lowest BCUT2D eigenvalue weighted by Gasteiger charge is -2.36. The Morgan fingerprint density at radius 3 is 2.32 bits per heavy atom. The summed E-state index contributed by atoms with van der Waals surface area (Å²) in [5, 5.41) is 15.7. The smallest absolute Gasteiger partial charge is 0.293 e. The summed E-state index contributed by atoms with van der Waals surface area (Å²) in [5.41, 5.74) is 5.26. The first kappa shape index (κ1) is 35.9. The third-order valence-corrected chi connectivity index (χ3v) is 11.8. The minimum atomic E-state index is -4.23. The quantitative estimate of drug-likeness (QED) is 0.0683. The number of nitrogens with zero attached hydrogens (tertiary/aromatic N) is 5. The van der Waals surface area contributed by atoms with Crippen molar-refractivity contribution < 1.29 is 13.3 Å². The molecule has 0 aliphatic carbocycles. The van der Waals surface area contributed by atoms with Crippen LogP contribution in [0.1, 0.15) is 12.5 Å². The summed E-state index contributed by atoms with van der Waals surface area (Å²) in [6, 6.07) is 38.3. The summed E-state index contributed by atoms with van der Waals surface area (Å²) in [7, 11) is -4.23. The Balaban J connectivity index is 1.01. The van der Waals surface area contributed by atoms with E-state index < -0.39 is 14.9 Å². The molecule has 2 N–H and O–H groups in total. The molecule has 1 aromatic heterocycles. The maximum Gasteiger partial charge on any atom is 0.293 e. The number of hydrogen-bond donors (Lipinski definition) is 2. The Hall–Kier alpha value is -5.50. The van der Waals surface area contributed by atoms with Gasteiger partial charge in [-0.25, -0.2) is 18.4 Å². The Kier molecular flexibility index (Phi) is 10.9. The van der Waals surface area contributed by atoms with Crippen molar-refractivity contribution >= 4 is 55.6 Å². The van der Waals surface area contributed by atoms with Gasteiger partial charge in [0.2, 0.25) is 0 Å². The zero-order valence-electron chi connectivity index (χ0n) is 29.1. The summed E-state index contributed by atoms with van der Waals surface area (Å²) in [5.74, 6) is 0.756. The van der Waals surface area contributed by atoms with Crippen molar-refractivity contribution in [3.63, 3.8) is 0 Å². The zero-order valence-corrected chi connectivity index (χ0v) is 30.8. The molecule has 6 aromatic rings. The van der Waals surface area contributed by atoms with Crippen LogP contribution in [0.4, 0.5) is 22.9 Å². The molecule has 53 heavy (non-hydrogen) atoms. The molecule has 1 fully saturated rings. The van der Waals surface area contributed by atoms with Crippen LogP contribution in [0.15, 0.2) is 137 Å². The summed E-state index contributed by atoms with van der Waals surface area (Å²) >= 11 is 1.63. The van der Waals surface area contributed by atoms with Gasteiger partial charge in [0.05, 0.1) is 15.3 Å². The Labute approximate surface area is 313 Å². The fraction of sp³-hybridized carbons (Fsp3) is 0.200. The maximum atomic E-state index is 13.6. The van der Waals surface area contributed by atoms with Crippen LogP contribution < -0.4 is 14.9 Å². The van der Waals surface area contributed by atoms with Gasteiger partial charge in [-0.2, -0.15) is 0 Å². The lowest BCUT2D eigenvalue weighted by atomic mass is 9.99. The molecule has 1 atom stereocenters. The van der Waals surface area contributed by atoms with Crippen molar-refractivity contribution in [2.45, 2.75) is 29.3 Å². The molecule has 2 heterocycles. The van der Waals surface area contributed by atoms with E-state index in [0.717, 1.165) is 49.4 Å². The highest BCUT2D eigenvalue weighted by Crippen LogP contribution is 2.32. The molecule has 0 radical (unpaired) electrons. The predicted octanol–water partition coefficient (Wildman–Crippen LogP) is 7.92. The van der Waals surface area contributed by atoms with Crippen LogP contribution >= 0.6 is 11.8 Å². The van der Waals surface area contributed by atoms with Crippen LogP contribution in [0.2, 0.25) is 0 Å². The number of piperazine rings is 1. The van der Waals surface area contributed by atoms with Gasteiger partial charge in [0.25, 0.3) is 15.7 Å². The standard InChI is InChI=1S/C40H39N7O4S2/c1-29(27-52-33-13-6-3-7-14-33)43-37-19-17-34(25-39(37)47(48)49)53(50,51)44-40-36-18-16-32(24-38(36)41-28-42-40)46-22-20-45(21-23-46)26-31-12-8-9-15-35(31)30-10-4-2-5-11-30/h2-19,24-25,28-29,43H,20-23,26-27H2,1H3,(H,41,42,44)/t29-/m0/s1. The van der Waals surface area contributed by atoms with E-state index in [9.17, 15) is 18.5 Å². The van der Waals surface area contributed by atoms with E-state index in [2.05, 4.69) is 78.3 Å². The van der Waals surface area contributed by atoms with Gasteiger partial charge in [0.15, 0.2) is 5.82 Å². The van der Waals surface area contributed by atoms with Gasteiger partial charge in [-0.1, -0.05) is 72.8 Å².